The Morgan fingerprint density at radius 3 is 2.46 bits per heavy atom. The first-order valence-electron chi connectivity index (χ1n) is 14.2. The minimum Gasteiger partial charge on any atom is -0.396 e. The van der Waals surface area contributed by atoms with Crippen molar-refractivity contribution in [3.63, 3.8) is 0 Å². The fourth-order valence-corrected chi connectivity index (χ4v) is 7.07. The first-order valence-corrected chi connectivity index (χ1v) is 14.2. The molecule has 8 heteroatoms. The van der Waals surface area contributed by atoms with Gasteiger partial charge in [-0.3, -0.25) is 14.4 Å². The molecule has 3 aliphatic rings. The third kappa shape index (κ3) is 4.72. The van der Waals surface area contributed by atoms with E-state index in [0.717, 1.165) is 18.5 Å². The SMILES string of the molecule is C=CCN(CCCC)C(=O)C1N(CCCO)C(=O)[C@@H]2[C@@H](C(=O)N(CC=C)c3ccccc3)[C@]3(C)OC12CC3C. The number of aliphatic hydroxyl groups is 1. The maximum absolute atomic E-state index is 14.4. The van der Waals surface area contributed by atoms with Gasteiger partial charge >= 0.3 is 0 Å². The number of likely N-dealkylation sites (tertiary alicyclic amines) is 1. The molecule has 2 bridgehead atoms. The van der Waals surface area contributed by atoms with Crippen LogP contribution >= 0.6 is 0 Å². The highest BCUT2D eigenvalue weighted by Crippen LogP contribution is 2.65. The van der Waals surface area contributed by atoms with Crippen LogP contribution in [0.1, 0.15) is 46.5 Å². The highest BCUT2D eigenvalue weighted by molar-refractivity contribution is 6.03. The van der Waals surface area contributed by atoms with E-state index in [2.05, 4.69) is 20.1 Å². The van der Waals surface area contributed by atoms with Crippen LogP contribution in [0.3, 0.4) is 0 Å². The Hall–Kier alpha value is -2.97. The number of ether oxygens (including phenoxy) is 1. The third-order valence-corrected chi connectivity index (χ3v) is 8.96. The predicted molar refractivity (Wildman–Crippen MR) is 151 cm³/mol. The molecule has 0 saturated carbocycles. The van der Waals surface area contributed by atoms with E-state index in [1.807, 2.05) is 44.2 Å². The number of unbranched alkanes of at least 4 members (excludes halogenated alkanes) is 1. The zero-order valence-electron chi connectivity index (χ0n) is 23.6. The Kier molecular flexibility index (Phi) is 8.66. The second-order valence-corrected chi connectivity index (χ2v) is 11.3. The summed E-state index contributed by atoms with van der Waals surface area (Å²) >= 11 is 0. The lowest BCUT2D eigenvalue weighted by Crippen LogP contribution is -2.57. The van der Waals surface area contributed by atoms with Gasteiger partial charge in [-0.05, 0) is 44.2 Å². The van der Waals surface area contributed by atoms with Crippen molar-refractivity contribution in [1.29, 1.82) is 0 Å². The number of nitrogens with zero attached hydrogens (tertiary/aromatic N) is 3. The topological polar surface area (TPSA) is 90.4 Å². The summed E-state index contributed by atoms with van der Waals surface area (Å²) in [6, 6.07) is 8.52. The molecule has 212 valence electrons. The molecule has 4 rings (SSSR count). The quantitative estimate of drug-likeness (QED) is 0.390. The zero-order valence-corrected chi connectivity index (χ0v) is 23.6. The highest BCUT2D eigenvalue weighted by Gasteiger charge is 2.80. The standard InChI is InChI=1S/C31H43N3O5/c1-6-9-18-32(16-7-2)29(38)26-31-21-22(4)30(5,39-31)24(25(31)28(37)34(26)19-13-20-35)27(36)33(17-8-3)23-14-11-10-12-15-23/h7-8,10-12,14-15,22,24-26,35H,2-3,6,9,13,16-21H2,1,4-5H3/t22?,24-,25-,26?,30+,31?/m0/s1. The van der Waals surface area contributed by atoms with Gasteiger partial charge in [0.15, 0.2) is 0 Å². The van der Waals surface area contributed by atoms with Crippen molar-refractivity contribution < 1.29 is 24.2 Å². The average molecular weight is 538 g/mol. The lowest BCUT2D eigenvalue weighted by Gasteiger charge is -2.39. The fourth-order valence-electron chi connectivity index (χ4n) is 7.07. The zero-order chi connectivity index (χ0) is 28.4. The van der Waals surface area contributed by atoms with Crippen LogP contribution in [0.5, 0.6) is 0 Å². The number of hydrogen-bond acceptors (Lipinski definition) is 5. The van der Waals surface area contributed by atoms with Crippen LogP contribution in [0.25, 0.3) is 0 Å². The fraction of sp³-hybridized carbons (Fsp3) is 0.581. The van der Waals surface area contributed by atoms with E-state index < -0.39 is 29.1 Å². The summed E-state index contributed by atoms with van der Waals surface area (Å²) in [4.78, 5) is 47.9. The number of aliphatic hydroxyl groups excluding tert-OH is 1. The molecule has 0 radical (unpaired) electrons. The second-order valence-electron chi connectivity index (χ2n) is 11.3. The van der Waals surface area contributed by atoms with Gasteiger partial charge in [0.2, 0.25) is 17.7 Å². The number of para-hydroxylation sites is 1. The van der Waals surface area contributed by atoms with Gasteiger partial charge in [-0.25, -0.2) is 0 Å². The lowest BCUT2D eigenvalue weighted by molar-refractivity contribution is -0.152. The Balaban J connectivity index is 1.80. The number of hydrogen-bond donors (Lipinski definition) is 1. The van der Waals surface area contributed by atoms with Gasteiger partial charge in [0.05, 0.1) is 17.4 Å². The molecule has 1 aromatic carbocycles. The molecule has 0 aliphatic carbocycles. The highest BCUT2D eigenvalue weighted by atomic mass is 16.5. The molecule has 39 heavy (non-hydrogen) atoms. The molecular formula is C31H43N3O5. The predicted octanol–water partition coefficient (Wildman–Crippen LogP) is 3.41. The second kappa shape index (κ2) is 11.6. The molecule has 3 saturated heterocycles. The van der Waals surface area contributed by atoms with Crippen LogP contribution in [0.15, 0.2) is 55.6 Å². The number of amides is 3. The third-order valence-electron chi connectivity index (χ3n) is 8.96. The van der Waals surface area contributed by atoms with E-state index in [0.29, 0.717) is 32.5 Å². The van der Waals surface area contributed by atoms with Gasteiger partial charge in [-0.1, -0.05) is 50.6 Å². The summed E-state index contributed by atoms with van der Waals surface area (Å²) in [7, 11) is 0. The van der Waals surface area contributed by atoms with E-state index >= 15 is 0 Å². The number of benzene rings is 1. The molecule has 1 spiro atoms. The molecule has 3 unspecified atom stereocenters. The summed E-state index contributed by atoms with van der Waals surface area (Å²) in [5.74, 6) is -2.20. The molecular weight excluding hydrogens is 494 g/mol. The number of fused-ring (bicyclic) bond motifs is 1. The minimum atomic E-state index is -1.11. The summed E-state index contributed by atoms with van der Waals surface area (Å²) in [5.41, 5.74) is -1.29. The van der Waals surface area contributed by atoms with Crippen molar-refractivity contribution in [2.45, 2.75) is 63.7 Å². The van der Waals surface area contributed by atoms with Crippen molar-refractivity contribution in [2.24, 2.45) is 17.8 Å². The number of carbonyl (C=O) groups excluding carboxylic acids is 3. The van der Waals surface area contributed by atoms with E-state index in [9.17, 15) is 19.5 Å². The Morgan fingerprint density at radius 2 is 1.85 bits per heavy atom. The van der Waals surface area contributed by atoms with E-state index in [1.165, 1.54) is 0 Å². The van der Waals surface area contributed by atoms with Crippen LogP contribution in [0.2, 0.25) is 0 Å². The van der Waals surface area contributed by atoms with Gasteiger partial charge in [0, 0.05) is 38.5 Å². The van der Waals surface area contributed by atoms with Gasteiger partial charge < -0.3 is 24.5 Å². The van der Waals surface area contributed by atoms with Crippen molar-refractivity contribution in [3.8, 4) is 0 Å². The Bertz CT molecular complexity index is 1090. The van der Waals surface area contributed by atoms with Gasteiger partial charge in [-0.15, -0.1) is 13.2 Å². The Labute approximate surface area is 232 Å². The van der Waals surface area contributed by atoms with E-state index in [4.69, 9.17) is 4.74 Å². The molecule has 6 atom stereocenters. The average Bonchev–Trinajstić information content (AvgIpc) is 3.44. The van der Waals surface area contributed by atoms with Crippen molar-refractivity contribution in [3.05, 3.63) is 55.6 Å². The Morgan fingerprint density at radius 1 is 1.15 bits per heavy atom. The van der Waals surface area contributed by atoms with Gasteiger partial charge in [0.1, 0.15) is 11.6 Å². The molecule has 3 fully saturated rings. The lowest BCUT2D eigenvalue weighted by atomic mass is 9.62. The van der Waals surface area contributed by atoms with Crippen LogP contribution in [0, 0.1) is 17.8 Å². The van der Waals surface area contributed by atoms with Gasteiger partial charge in [0.25, 0.3) is 0 Å². The maximum atomic E-state index is 14.4. The maximum Gasteiger partial charge on any atom is 0.248 e. The monoisotopic (exact) mass is 537 g/mol. The molecule has 0 aromatic heterocycles. The van der Waals surface area contributed by atoms with Crippen LogP contribution < -0.4 is 4.90 Å². The number of anilines is 1. The smallest absolute Gasteiger partial charge is 0.248 e. The normalized spacial score (nSPS) is 30.8. The van der Waals surface area contributed by atoms with Crippen molar-refractivity contribution in [2.75, 3.05) is 37.7 Å². The summed E-state index contributed by atoms with van der Waals surface area (Å²) in [5, 5.41) is 9.61. The van der Waals surface area contributed by atoms with E-state index in [-0.39, 0.29) is 36.8 Å². The van der Waals surface area contributed by atoms with Crippen molar-refractivity contribution >= 4 is 23.4 Å². The van der Waals surface area contributed by atoms with Crippen LogP contribution in [-0.4, -0.2) is 82.7 Å². The molecule has 3 heterocycles. The molecule has 3 aliphatic heterocycles. The van der Waals surface area contributed by atoms with Crippen LogP contribution in [-0.2, 0) is 19.1 Å². The summed E-state index contributed by atoms with van der Waals surface area (Å²) in [6.45, 7) is 15.1. The van der Waals surface area contributed by atoms with E-state index in [1.54, 1.807) is 26.9 Å². The largest absolute Gasteiger partial charge is 0.396 e. The van der Waals surface area contributed by atoms with Crippen LogP contribution in [0.4, 0.5) is 5.69 Å². The summed E-state index contributed by atoms with van der Waals surface area (Å²) in [6.07, 6.45) is 5.99. The minimum absolute atomic E-state index is 0.0477. The molecule has 8 nitrogen and oxygen atoms in total. The number of rotatable bonds is 13. The van der Waals surface area contributed by atoms with Crippen molar-refractivity contribution in [1.82, 2.24) is 9.80 Å². The van der Waals surface area contributed by atoms with Gasteiger partial charge in [-0.2, -0.15) is 0 Å². The first-order chi connectivity index (χ1) is 18.7. The molecule has 1 N–H and O–H groups in total. The molecule has 3 amide bonds. The first kappa shape index (κ1) is 29.0. The summed E-state index contributed by atoms with van der Waals surface area (Å²) < 4.78 is 6.86. The molecule has 1 aromatic rings. The number of carbonyl (C=O) groups is 3.